The molecule has 0 fully saturated rings. The van der Waals surface area contributed by atoms with E-state index < -0.39 is 5.82 Å². The fourth-order valence-corrected chi connectivity index (χ4v) is 3.87. The Kier molecular flexibility index (Phi) is 6.76. The summed E-state index contributed by atoms with van der Waals surface area (Å²) in [4.78, 5) is 12.8. The average Bonchev–Trinajstić information content (AvgIpc) is 3.31. The topological polar surface area (TPSA) is 81.9 Å². The van der Waals surface area contributed by atoms with E-state index in [4.69, 9.17) is 4.74 Å². The third-order valence-corrected chi connectivity index (χ3v) is 5.63. The maximum atomic E-state index is 13.6. The Morgan fingerprint density at radius 1 is 1.06 bits per heavy atom. The van der Waals surface area contributed by atoms with Crippen LogP contribution < -0.4 is 10.1 Å². The third-order valence-electron chi connectivity index (χ3n) is 4.71. The largest absolute Gasteiger partial charge is 0.497 e. The molecule has 32 heavy (non-hydrogen) atoms. The number of hydrogen-bond acceptors (Lipinski definition) is 6. The lowest BCUT2D eigenvalue weighted by Gasteiger charge is -2.20. The van der Waals surface area contributed by atoms with Gasteiger partial charge in [-0.1, -0.05) is 60.3 Å². The number of methoxy groups -OCH3 is 1. The first-order valence-corrected chi connectivity index (χ1v) is 10.8. The molecule has 0 aliphatic carbocycles. The molecule has 4 aromatic rings. The number of benzene rings is 3. The van der Waals surface area contributed by atoms with Gasteiger partial charge in [0.25, 0.3) is 0 Å². The zero-order valence-electron chi connectivity index (χ0n) is 17.2. The molecular weight excluding hydrogens is 429 g/mol. The summed E-state index contributed by atoms with van der Waals surface area (Å²) in [6.45, 7) is 0. The molecule has 7 nitrogen and oxygen atoms in total. The molecule has 0 unspecified atom stereocenters. The highest BCUT2D eigenvalue weighted by molar-refractivity contribution is 7.99. The Hall–Kier alpha value is -3.72. The minimum atomic E-state index is -0.392. The van der Waals surface area contributed by atoms with Gasteiger partial charge >= 0.3 is 0 Å². The van der Waals surface area contributed by atoms with E-state index in [0.717, 1.165) is 16.9 Å². The predicted molar refractivity (Wildman–Crippen MR) is 119 cm³/mol. The monoisotopic (exact) mass is 449 g/mol. The number of amides is 1. The molecule has 0 saturated heterocycles. The van der Waals surface area contributed by atoms with Crippen LogP contribution in [-0.2, 0) is 4.79 Å². The zero-order chi connectivity index (χ0) is 22.3. The number of ether oxygens (including phenoxy) is 1. The lowest BCUT2D eigenvalue weighted by Crippen LogP contribution is -2.30. The van der Waals surface area contributed by atoms with Crippen molar-refractivity contribution in [1.29, 1.82) is 0 Å². The van der Waals surface area contributed by atoms with Gasteiger partial charge in [-0.15, -0.1) is 5.10 Å². The van der Waals surface area contributed by atoms with E-state index in [1.54, 1.807) is 19.2 Å². The van der Waals surface area contributed by atoms with E-state index >= 15 is 0 Å². The molecule has 0 radical (unpaired) electrons. The van der Waals surface area contributed by atoms with Crippen LogP contribution in [0.4, 0.5) is 4.39 Å². The van der Waals surface area contributed by atoms with Gasteiger partial charge in [0, 0.05) is 0 Å². The number of halogens is 1. The first kappa shape index (κ1) is 21.5. The van der Waals surface area contributed by atoms with Gasteiger partial charge in [0.15, 0.2) is 0 Å². The van der Waals surface area contributed by atoms with Crippen molar-refractivity contribution < 1.29 is 13.9 Å². The molecule has 1 N–H and O–H groups in total. The van der Waals surface area contributed by atoms with Crippen molar-refractivity contribution >= 4 is 17.7 Å². The molecule has 9 heteroatoms. The van der Waals surface area contributed by atoms with E-state index in [1.807, 2.05) is 54.6 Å². The molecular formula is C23H20FN5O2S. The number of carbonyl (C=O) groups is 1. The van der Waals surface area contributed by atoms with Crippen molar-refractivity contribution in [2.45, 2.75) is 11.2 Å². The number of aromatic nitrogens is 4. The van der Waals surface area contributed by atoms with Crippen molar-refractivity contribution in [3.63, 3.8) is 0 Å². The fourth-order valence-electron chi connectivity index (χ4n) is 3.17. The smallest absolute Gasteiger partial charge is 0.231 e. The van der Waals surface area contributed by atoms with Crippen LogP contribution in [0.1, 0.15) is 17.2 Å². The van der Waals surface area contributed by atoms with Crippen LogP contribution in [0.25, 0.3) is 5.69 Å². The van der Waals surface area contributed by atoms with Gasteiger partial charge in [0.1, 0.15) is 11.6 Å². The Labute approximate surface area is 188 Å². The summed E-state index contributed by atoms with van der Waals surface area (Å²) in [5.74, 6) is 0.256. The van der Waals surface area contributed by atoms with Crippen molar-refractivity contribution in [1.82, 2.24) is 25.5 Å². The Morgan fingerprint density at radius 2 is 1.81 bits per heavy atom. The Bertz CT molecular complexity index is 1180. The predicted octanol–water partition coefficient (Wildman–Crippen LogP) is 3.81. The van der Waals surface area contributed by atoms with Crippen molar-refractivity contribution in [3.8, 4) is 11.4 Å². The number of nitrogens with one attached hydrogen (secondary N) is 1. The van der Waals surface area contributed by atoms with Crippen molar-refractivity contribution in [2.75, 3.05) is 12.9 Å². The van der Waals surface area contributed by atoms with E-state index in [2.05, 4.69) is 20.8 Å². The highest BCUT2D eigenvalue weighted by Gasteiger charge is 2.18. The minimum Gasteiger partial charge on any atom is -0.497 e. The van der Waals surface area contributed by atoms with Crippen LogP contribution in [0.2, 0.25) is 0 Å². The number of rotatable bonds is 8. The summed E-state index contributed by atoms with van der Waals surface area (Å²) in [6, 6.07) is 22.9. The summed E-state index contributed by atoms with van der Waals surface area (Å²) in [5.41, 5.74) is 2.37. The maximum absolute atomic E-state index is 13.6. The molecule has 162 valence electrons. The molecule has 4 rings (SSSR count). The highest BCUT2D eigenvalue weighted by atomic mass is 32.2. The number of nitrogens with zero attached hydrogens (tertiary/aromatic N) is 4. The minimum absolute atomic E-state index is 0.0924. The highest BCUT2D eigenvalue weighted by Crippen LogP contribution is 2.25. The van der Waals surface area contributed by atoms with Gasteiger partial charge in [-0.3, -0.25) is 4.79 Å². The van der Waals surface area contributed by atoms with Crippen molar-refractivity contribution in [3.05, 3.63) is 95.8 Å². The maximum Gasteiger partial charge on any atom is 0.231 e. The van der Waals surface area contributed by atoms with E-state index in [0.29, 0.717) is 10.8 Å². The molecule has 0 spiro atoms. The van der Waals surface area contributed by atoms with Gasteiger partial charge in [0.05, 0.1) is 24.6 Å². The summed E-state index contributed by atoms with van der Waals surface area (Å²) < 4.78 is 20.2. The first-order chi connectivity index (χ1) is 15.6. The normalized spacial score (nSPS) is 11.7. The van der Waals surface area contributed by atoms with Crippen LogP contribution in [0.15, 0.2) is 84.0 Å². The second-order valence-electron chi connectivity index (χ2n) is 6.83. The molecule has 0 saturated carbocycles. The lowest BCUT2D eigenvalue weighted by molar-refractivity contribution is -0.119. The Morgan fingerprint density at radius 3 is 2.53 bits per heavy atom. The van der Waals surface area contributed by atoms with E-state index in [-0.39, 0.29) is 17.7 Å². The van der Waals surface area contributed by atoms with Crippen molar-refractivity contribution in [2.24, 2.45) is 0 Å². The quantitative estimate of drug-likeness (QED) is 0.412. The molecule has 1 amide bonds. The van der Waals surface area contributed by atoms with Gasteiger partial charge in [-0.2, -0.15) is 4.68 Å². The van der Waals surface area contributed by atoms with Crippen LogP contribution in [-0.4, -0.2) is 39.0 Å². The Balaban J connectivity index is 1.48. The summed E-state index contributed by atoms with van der Waals surface area (Å²) in [5, 5.41) is 15.0. The molecule has 1 aromatic heterocycles. The number of hydrogen-bond donors (Lipinski definition) is 1. The standard InChI is InChI=1S/C23H20FN5O2S/c1-31-20-12-10-17(11-13-20)22(16-6-3-2-4-7-16)25-21(30)15-32-23-26-27-28-29(23)19-9-5-8-18(24)14-19/h2-14,22H,15H2,1H3,(H,25,30)/t22-/m0/s1. The summed E-state index contributed by atoms with van der Waals surface area (Å²) >= 11 is 1.17. The molecule has 1 atom stereocenters. The van der Waals surface area contributed by atoms with Crippen LogP contribution >= 0.6 is 11.8 Å². The average molecular weight is 450 g/mol. The van der Waals surface area contributed by atoms with Gasteiger partial charge < -0.3 is 10.1 Å². The van der Waals surface area contributed by atoms with E-state index in [9.17, 15) is 9.18 Å². The van der Waals surface area contributed by atoms with Gasteiger partial charge in [-0.05, 0) is 51.9 Å². The fraction of sp³-hybridized carbons (Fsp3) is 0.130. The van der Waals surface area contributed by atoms with Gasteiger partial charge in [-0.25, -0.2) is 4.39 Å². The lowest BCUT2D eigenvalue weighted by atomic mass is 9.98. The molecule has 3 aromatic carbocycles. The second-order valence-corrected chi connectivity index (χ2v) is 7.77. The molecule has 0 aliphatic heterocycles. The van der Waals surface area contributed by atoms with Crippen LogP contribution in [0.3, 0.4) is 0 Å². The summed E-state index contributed by atoms with van der Waals surface area (Å²) in [7, 11) is 1.61. The van der Waals surface area contributed by atoms with E-state index in [1.165, 1.54) is 28.6 Å². The molecule has 1 heterocycles. The SMILES string of the molecule is COc1ccc([C@@H](NC(=O)CSc2nnnn2-c2cccc(F)c2)c2ccccc2)cc1. The molecule has 0 bridgehead atoms. The first-order valence-electron chi connectivity index (χ1n) is 9.79. The number of tetrazole rings is 1. The molecule has 0 aliphatic rings. The van der Waals surface area contributed by atoms with Crippen LogP contribution in [0.5, 0.6) is 5.75 Å². The van der Waals surface area contributed by atoms with Gasteiger partial charge in [0.2, 0.25) is 11.1 Å². The number of thioether (sulfide) groups is 1. The zero-order valence-corrected chi connectivity index (χ0v) is 18.0. The summed E-state index contributed by atoms with van der Waals surface area (Å²) in [6.07, 6.45) is 0. The third kappa shape index (κ3) is 5.12. The van der Waals surface area contributed by atoms with Crippen LogP contribution in [0, 0.1) is 5.82 Å². The second kappa shape index (κ2) is 10.1. The number of carbonyl (C=O) groups excluding carboxylic acids is 1.